The molecular formula is C14H23N3. The standard InChI is InChI=1S/C14H23N3/c1-2-6-11(7-3-1)13-10-16-14(17-13)12-8-4-5-9-15-12/h10-12,15H,1-9H2,(H,16,17). The van der Waals surface area contributed by atoms with Crippen LogP contribution in [-0.4, -0.2) is 16.5 Å². The molecule has 0 amide bonds. The number of aromatic nitrogens is 2. The average Bonchev–Trinajstić information content (AvgIpc) is 2.90. The second kappa shape index (κ2) is 5.21. The molecule has 2 heterocycles. The van der Waals surface area contributed by atoms with E-state index in [4.69, 9.17) is 0 Å². The Kier molecular flexibility index (Phi) is 3.46. The molecule has 1 saturated heterocycles. The van der Waals surface area contributed by atoms with Crippen molar-refractivity contribution < 1.29 is 0 Å². The van der Waals surface area contributed by atoms with Gasteiger partial charge in [0.1, 0.15) is 5.82 Å². The Hall–Kier alpha value is -0.830. The molecule has 1 aromatic heterocycles. The lowest BCUT2D eigenvalue weighted by Crippen LogP contribution is -2.27. The van der Waals surface area contributed by atoms with Gasteiger partial charge in [-0.2, -0.15) is 0 Å². The number of rotatable bonds is 2. The van der Waals surface area contributed by atoms with Gasteiger partial charge in [0, 0.05) is 17.8 Å². The highest BCUT2D eigenvalue weighted by atomic mass is 15.0. The van der Waals surface area contributed by atoms with Gasteiger partial charge in [-0.1, -0.05) is 25.7 Å². The lowest BCUT2D eigenvalue weighted by Gasteiger charge is -2.22. The largest absolute Gasteiger partial charge is 0.344 e. The van der Waals surface area contributed by atoms with E-state index in [1.54, 1.807) is 0 Å². The highest BCUT2D eigenvalue weighted by Gasteiger charge is 2.21. The van der Waals surface area contributed by atoms with Crippen LogP contribution in [0.25, 0.3) is 0 Å². The van der Waals surface area contributed by atoms with Crippen molar-refractivity contribution in [1.29, 1.82) is 0 Å². The normalized spacial score (nSPS) is 27.2. The summed E-state index contributed by atoms with van der Waals surface area (Å²) in [6.45, 7) is 1.14. The van der Waals surface area contributed by atoms with E-state index in [1.165, 1.54) is 62.9 Å². The first kappa shape index (κ1) is 11.3. The SMILES string of the molecule is c1nc(C2CCCCN2)[nH]c1C1CCCCC1. The van der Waals surface area contributed by atoms with Crippen LogP contribution in [0.1, 0.15) is 74.8 Å². The molecule has 0 aromatic carbocycles. The van der Waals surface area contributed by atoms with Crippen molar-refractivity contribution in [3.8, 4) is 0 Å². The quantitative estimate of drug-likeness (QED) is 0.823. The van der Waals surface area contributed by atoms with Crippen molar-refractivity contribution in [1.82, 2.24) is 15.3 Å². The molecule has 94 valence electrons. The third kappa shape index (κ3) is 2.54. The zero-order valence-corrected chi connectivity index (χ0v) is 10.5. The Balaban J connectivity index is 1.68. The van der Waals surface area contributed by atoms with E-state index in [1.807, 2.05) is 0 Å². The van der Waals surface area contributed by atoms with Crippen molar-refractivity contribution in [2.45, 2.75) is 63.3 Å². The van der Waals surface area contributed by atoms with Crippen molar-refractivity contribution in [3.05, 3.63) is 17.7 Å². The minimum absolute atomic E-state index is 0.473. The van der Waals surface area contributed by atoms with Gasteiger partial charge < -0.3 is 10.3 Å². The molecule has 0 radical (unpaired) electrons. The van der Waals surface area contributed by atoms with Gasteiger partial charge in [0.05, 0.1) is 6.04 Å². The van der Waals surface area contributed by atoms with Crippen molar-refractivity contribution in [3.63, 3.8) is 0 Å². The third-order valence-electron chi connectivity index (χ3n) is 4.30. The molecule has 17 heavy (non-hydrogen) atoms. The fourth-order valence-corrected chi connectivity index (χ4v) is 3.23. The molecule has 1 aliphatic carbocycles. The summed E-state index contributed by atoms with van der Waals surface area (Å²) in [5.41, 5.74) is 1.38. The van der Waals surface area contributed by atoms with Gasteiger partial charge in [-0.05, 0) is 32.2 Å². The van der Waals surface area contributed by atoms with E-state index >= 15 is 0 Å². The van der Waals surface area contributed by atoms with Crippen LogP contribution in [0.3, 0.4) is 0 Å². The van der Waals surface area contributed by atoms with Crippen LogP contribution in [0, 0.1) is 0 Å². The van der Waals surface area contributed by atoms with Gasteiger partial charge in [-0.3, -0.25) is 0 Å². The summed E-state index contributed by atoms with van der Waals surface area (Å²) in [7, 11) is 0. The molecule has 1 atom stereocenters. The van der Waals surface area contributed by atoms with Gasteiger partial charge in [0.15, 0.2) is 0 Å². The number of H-pyrrole nitrogens is 1. The monoisotopic (exact) mass is 233 g/mol. The fourth-order valence-electron chi connectivity index (χ4n) is 3.23. The second-order valence-electron chi connectivity index (χ2n) is 5.56. The van der Waals surface area contributed by atoms with Crippen LogP contribution < -0.4 is 5.32 Å². The zero-order valence-electron chi connectivity index (χ0n) is 10.5. The van der Waals surface area contributed by atoms with Gasteiger partial charge >= 0.3 is 0 Å². The summed E-state index contributed by atoms with van der Waals surface area (Å²) < 4.78 is 0. The maximum atomic E-state index is 4.60. The van der Waals surface area contributed by atoms with E-state index in [0.717, 1.165) is 12.5 Å². The van der Waals surface area contributed by atoms with E-state index in [9.17, 15) is 0 Å². The zero-order chi connectivity index (χ0) is 11.5. The van der Waals surface area contributed by atoms with Crippen molar-refractivity contribution in [2.75, 3.05) is 6.54 Å². The van der Waals surface area contributed by atoms with E-state index < -0.39 is 0 Å². The number of nitrogens with one attached hydrogen (secondary N) is 2. The maximum absolute atomic E-state index is 4.60. The Morgan fingerprint density at radius 1 is 1.00 bits per heavy atom. The molecule has 1 aromatic rings. The predicted octanol–water partition coefficient (Wildman–Crippen LogP) is 3.27. The van der Waals surface area contributed by atoms with Crippen LogP contribution in [0.2, 0.25) is 0 Å². The smallest absolute Gasteiger partial charge is 0.123 e. The molecule has 0 spiro atoms. The third-order valence-corrected chi connectivity index (χ3v) is 4.30. The van der Waals surface area contributed by atoms with E-state index in [0.29, 0.717) is 6.04 Å². The van der Waals surface area contributed by atoms with Crippen molar-refractivity contribution in [2.24, 2.45) is 0 Å². The Bertz CT molecular complexity index is 314. The fraction of sp³-hybridized carbons (Fsp3) is 0.786. The summed E-state index contributed by atoms with van der Waals surface area (Å²) in [5, 5.41) is 3.56. The maximum Gasteiger partial charge on any atom is 0.123 e. The van der Waals surface area contributed by atoms with Gasteiger partial charge in [0.2, 0.25) is 0 Å². The second-order valence-corrected chi connectivity index (χ2v) is 5.56. The number of piperidine rings is 1. The molecule has 0 bridgehead atoms. The Morgan fingerprint density at radius 2 is 1.82 bits per heavy atom. The highest BCUT2D eigenvalue weighted by molar-refractivity contribution is 5.11. The number of nitrogens with zero attached hydrogens (tertiary/aromatic N) is 1. The number of hydrogen-bond donors (Lipinski definition) is 2. The lowest BCUT2D eigenvalue weighted by molar-refractivity contribution is 0.397. The minimum Gasteiger partial charge on any atom is -0.344 e. The van der Waals surface area contributed by atoms with Gasteiger partial charge in [0.25, 0.3) is 0 Å². The summed E-state index contributed by atoms with van der Waals surface area (Å²) in [6, 6.07) is 0.473. The molecule has 1 saturated carbocycles. The number of imidazole rings is 1. The van der Waals surface area contributed by atoms with Crippen molar-refractivity contribution >= 4 is 0 Å². The minimum atomic E-state index is 0.473. The topological polar surface area (TPSA) is 40.7 Å². The highest BCUT2D eigenvalue weighted by Crippen LogP contribution is 2.32. The first-order chi connectivity index (χ1) is 8.43. The average molecular weight is 233 g/mol. The van der Waals surface area contributed by atoms with Crippen LogP contribution in [-0.2, 0) is 0 Å². The molecular weight excluding hydrogens is 210 g/mol. The first-order valence-electron chi connectivity index (χ1n) is 7.21. The summed E-state index contributed by atoms with van der Waals surface area (Å²) in [4.78, 5) is 8.18. The molecule has 1 unspecified atom stereocenters. The Labute approximate surface area is 103 Å². The van der Waals surface area contributed by atoms with Crippen LogP contribution in [0.4, 0.5) is 0 Å². The molecule has 1 aliphatic heterocycles. The van der Waals surface area contributed by atoms with Crippen LogP contribution in [0.15, 0.2) is 6.20 Å². The van der Waals surface area contributed by atoms with Gasteiger partial charge in [-0.25, -0.2) is 4.98 Å². The summed E-state index contributed by atoms with van der Waals surface area (Å²) >= 11 is 0. The molecule has 2 fully saturated rings. The lowest BCUT2D eigenvalue weighted by atomic mass is 9.87. The molecule has 3 nitrogen and oxygen atoms in total. The summed E-state index contributed by atoms with van der Waals surface area (Å²) in [5.74, 6) is 1.92. The summed E-state index contributed by atoms with van der Waals surface area (Å²) in [6.07, 6.45) is 12.9. The van der Waals surface area contributed by atoms with E-state index in [-0.39, 0.29) is 0 Å². The first-order valence-corrected chi connectivity index (χ1v) is 7.21. The number of aromatic amines is 1. The Morgan fingerprint density at radius 3 is 2.59 bits per heavy atom. The van der Waals surface area contributed by atoms with Gasteiger partial charge in [-0.15, -0.1) is 0 Å². The molecule has 2 aliphatic rings. The predicted molar refractivity (Wildman–Crippen MR) is 69.0 cm³/mol. The number of hydrogen-bond acceptors (Lipinski definition) is 2. The van der Waals surface area contributed by atoms with Crippen LogP contribution >= 0.6 is 0 Å². The van der Waals surface area contributed by atoms with E-state index in [2.05, 4.69) is 21.5 Å². The molecule has 3 rings (SSSR count). The molecule has 2 N–H and O–H groups in total. The van der Waals surface area contributed by atoms with Crippen LogP contribution in [0.5, 0.6) is 0 Å². The molecule has 3 heteroatoms.